The van der Waals surface area contributed by atoms with Gasteiger partial charge in [-0.1, -0.05) is 92.6 Å². The Hall–Kier alpha value is -1.84. The monoisotopic (exact) mass is 432 g/mol. The summed E-state index contributed by atoms with van der Waals surface area (Å²) in [7, 11) is 0. The summed E-state index contributed by atoms with van der Waals surface area (Å²) >= 11 is 0. The third kappa shape index (κ3) is 10.8. The Balaban J connectivity index is 0.000000594. The lowest BCUT2D eigenvalue weighted by atomic mass is 9.71. The molecule has 2 atom stereocenters. The molecule has 0 aliphatic carbocycles. The van der Waals surface area contributed by atoms with Gasteiger partial charge in [-0.05, 0) is 42.6 Å². The molecule has 4 nitrogen and oxygen atoms in total. The van der Waals surface area contributed by atoms with Gasteiger partial charge in [0.2, 0.25) is 11.8 Å². The molecule has 0 saturated heterocycles. The molecule has 4 heteroatoms. The van der Waals surface area contributed by atoms with Gasteiger partial charge in [-0.15, -0.1) is 0 Å². The topological polar surface area (TPSA) is 58.2 Å². The van der Waals surface area contributed by atoms with E-state index in [2.05, 4.69) is 71.2 Å². The molecule has 31 heavy (non-hydrogen) atoms. The van der Waals surface area contributed by atoms with E-state index in [4.69, 9.17) is 0 Å². The molecule has 0 aliphatic rings. The summed E-state index contributed by atoms with van der Waals surface area (Å²) in [5.41, 5.74) is 1.34. The molecular formula is C27H48N2O2. The summed E-state index contributed by atoms with van der Waals surface area (Å²) in [4.78, 5) is 23.7. The number of hydrogen-bond donors (Lipinski definition) is 2. The third-order valence-electron chi connectivity index (χ3n) is 6.68. The summed E-state index contributed by atoms with van der Waals surface area (Å²) in [6.07, 6.45) is 0.892. The Morgan fingerprint density at radius 1 is 0.806 bits per heavy atom. The lowest BCUT2D eigenvalue weighted by Gasteiger charge is -2.35. The summed E-state index contributed by atoms with van der Waals surface area (Å²) in [6, 6.07) is 10.4. The highest BCUT2D eigenvalue weighted by Gasteiger charge is 2.34. The van der Waals surface area contributed by atoms with Crippen molar-refractivity contribution < 1.29 is 9.59 Å². The zero-order valence-electron chi connectivity index (χ0n) is 21.9. The highest BCUT2D eigenvalue weighted by atomic mass is 16.2. The number of nitrogens with one attached hydrogen (secondary N) is 2. The smallest absolute Gasteiger partial charge is 0.223 e. The fourth-order valence-corrected chi connectivity index (χ4v) is 2.77. The van der Waals surface area contributed by atoms with Crippen LogP contribution in [0, 0.1) is 28.6 Å². The van der Waals surface area contributed by atoms with Crippen molar-refractivity contribution in [2.75, 3.05) is 6.54 Å². The van der Waals surface area contributed by atoms with E-state index >= 15 is 0 Å². The summed E-state index contributed by atoms with van der Waals surface area (Å²) < 4.78 is 0. The Bertz CT molecular complexity index is 658. The minimum atomic E-state index is 0.0246. The molecule has 2 N–H and O–H groups in total. The molecule has 1 rings (SSSR count). The number of amides is 2. The fourth-order valence-electron chi connectivity index (χ4n) is 2.77. The molecule has 0 fully saturated rings. The maximum absolute atomic E-state index is 11.9. The van der Waals surface area contributed by atoms with Gasteiger partial charge >= 0.3 is 0 Å². The van der Waals surface area contributed by atoms with Crippen LogP contribution < -0.4 is 10.6 Å². The number of carbonyl (C=O) groups is 2. The Morgan fingerprint density at radius 2 is 1.32 bits per heavy atom. The lowest BCUT2D eigenvalue weighted by Crippen LogP contribution is -2.42. The first-order valence-corrected chi connectivity index (χ1v) is 11.7. The van der Waals surface area contributed by atoms with Crippen LogP contribution in [0.2, 0.25) is 0 Å². The van der Waals surface area contributed by atoms with Crippen molar-refractivity contribution in [3.8, 4) is 0 Å². The molecule has 1 aromatic rings. The molecule has 0 aliphatic heterocycles. The summed E-state index contributed by atoms with van der Waals surface area (Å²) in [5, 5.41) is 5.96. The number of benzene rings is 1. The van der Waals surface area contributed by atoms with Gasteiger partial charge in [0.05, 0.1) is 0 Å². The molecule has 0 saturated carbocycles. The molecule has 0 heterocycles. The van der Waals surface area contributed by atoms with Gasteiger partial charge in [0.25, 0.3) is 0 Å². The molecule has 1 aromatic carbocycles. The van der Waals surface area contributed by atoms with Crippen LogP contribution in [0.25, 0.3) is 0 Å². The van der Waals surface area contributed by atoms with Crippen molar-refractivity contribution in [3.63, 3.8) is 0 Å². The van der Waals surface area contributed by atoms with Crippen LogP contribution in [0.1, 0.15) is 81.7 Å². The largest absolute Gasteiger partial charge is 0.356 e. The third-order valence-corrected chi connectivity index (χ3v) is 6.68. The maximum Gasteiger partial charge on any atom is 0.223 e. The quantitative estimate of drug-likeness (QED) is 0.541. The minimum Gasteiger partial charge on any atom is -0.356 e. The first-order valence-electron chi connectivity index (χ1n) is 11.7. The second-order valence-corrected chi connectivity index (χ2v) is 11.0. The second kappa shape index (κ2) is 12.9. The van der Waals surface area contributed by atoms with Crippen LogP contribution in [0.15, 0.2) is 30.3 Å². The van der Waals surface area contributed by atoms with E-state index in [-0.39, 0.29) is 40.5 Å². The van der Waals surface area contributed by atoms with Crippen molar-refractivity contribution >= 4 is 11.8 Å². The van der Waals surface area contributed by atoms with E-state index in [1.54, 1.807) is 0 Å². The van der Waals surface area contributed by atoms with Crippen LogP contribution >= 0.6 is 0 Å². The van der Waals surface area contributed by atoms with E-state index in [9.17, 15) is 9.59 Å². The van der Waals surface area contributed by atoms with Crippen molar-refractivity contribution in [2.45, 2.75) is 88.6 Å². The van der Waals surface area contributed by atoms with Crippen LogP contribution in [-0.2, 0) is 16.0 Å². The van der Waals surface area contributed by atoms with Crippen LogP contribution in [0.5, 0.6) is 0 Å². The summed E-state index contributed by atoms with van der Waals surface area (Å²) in [5.74, 6) is 0.922. The van der Waals surface area contributed by atoms with Crippen molar-refractivity contribution in [2.24, 2.45) is 28.6 Å². The summed E-state index contributed by atoms with van der Waals surface area (Å²) in [6.45, 7) is 23.6. The number of carbonyl (C=O) groups excluding carboxylic acids is 2. The SMILES string of the molecule is CC(C(=O)NCCc1ccccc1)C(C)(C)C.CC(C)NC(=O)C(C)C(C)(C)C(C)C. The molecular weight excluding hydrogens is 384 g/mol. The zero-order chi connectivity index (χ0) is 24.4. The average Bonchev–Trinajstić information content (AvgIpc) is 2.66. The van der Waals surface area contributed by atoms with Crippen molar-refractivity contribution in [1.82, 2.24) is 10.6 Å². The second-order valence-electron chi connectivity index (χ2n) is 11.0. The molecule has 0 spiro atoms. The Morgan fingerprint density at radius 3 is 1.74 bits per heavy atom. The Labute approximate surface area is 192 Å². The van der Waals surface area contributed by atoms with Crippen molar-refractivity contribution in [1.29, 1.82) is 0 Å². The van der Waals surface area contributed by atoms with E-state index in [1.807, 2.05) is 45.9 Å². The highest BCUT2D eigenvalue weighted by molar-refractivity contribution is 5.79. The zero-order valence-corrected chi connectivity index (χ0v) is 21.9. The van der Waals surface area contributed by atoms with Gasteiger partial charge < -0.3 is 10.6 Å². The van der Waals surface area contributed by atoms with E-state index in [0.717, 1.165) is 6.42 Å². The molecule has 0 radical (unpaired) electrons. The van der Waals surface area contributed by atoms with Gasteiger partial charge in [-0.3, -0.25) is 9.59 Å². The maximum atomic E-state index is 11.9. The van der Waals surface area contributed by atoms with E-state index in [1.165, 1.54) is 5.56 Å². The molecule has 2 unspecified atom stereocenters. The average molecular weight is 433 g/mol. The standard InChI is InChI=1S/C15H23NO.C12H25NO/c1-12(15(2,3)4)14(17)16-11-10-13-8-6-5-7-9-13;1-8(2)12(6,7)10(5)11(14)13-9(3)4/h5-9,12H,10-11H2,1-4H3,(H,16,17);8-10H,1-7H3,(H,13,14). The normalized spacial score (nSPS) is 13.8. The first kappa shape index (κ1) is 29.2. The predicted octanol–water partition coefficient (Wildman–Crippen LogP) is 5.86. The van der Waals surface area contributed by atoms with Gasteiger partial charge in [-0.2, -0.15) is 0 Å². The van der Waals surface area contributed by atoms with Crippen LogP contribution in [-0.4, -0.2) is 24.4 Å². The van der Waals surface area contributed by atoms with Gasteiger partial charge in [-0.25, -0.2) is 0 Å². The fraction of sp³-hybridized carbons (Fsp3) is 0.704. The Kier molecular flexibility index (Phi) is 12.1. The first-order chi connectivity index (χ1) is 14.1. The van der Waals surface area contributed by atoms with E-state index < -0.39 is 0 Å². The minimum absolute atomic E-state index is 0.0246. The van der Waals surface area contributed by atoms with E-state index in [0.29, 0.717) is 12.5 Å². The van der Waals surface area contributed by atoms with Crippen molar-refractivity contribution in [3.05, 3.63) is 35.9 Å². The lowest BCUT2D eigenvalue weighted by molar-refractivity contribution is -0.129. The molecule has 2 amide bonds. The van der Waals surface area contributed by atoms with Crippen LogP contribution in [0.4, 0.5) is 0 Å². The number of hydrogen-bond acceptors (Lipinski definition) is 2. The van der Waals surface area contributed by atoms with Gasteiger partial charge in [0, 0.05) is 24.4 Å². The molecule has 0 aromatic heterocycles. The van der Waals surface area contributed by atoms with Crippen LogP contribution in [0.3, 0.4) is 0 Å². The van der Waals surface area contributed by atoms with Gasteiger partial charge in [0.15, 0.2) is 0 Å². The molecule has 178 valence electrons. The van der Waals surface area contributed by atoms with Gasteiger partial charge in [0.1, 0.15) is 0 Å². The molecule has 0 bridgehead atoms. The highest BCUT2D eigenvalue weighted by Crippen LogP contribution is 2.34. The number of rotatable bonds is 8. The predicted molar refractivity (Wildman–Crippen MR) is 133 cm³/mol.